The largest absolute Gasteiger partial charge is 0.493 e. The van der Waals surface area contributed by atoms with Gasteiger partial charge in [-0.05, 0) is 86.0 Å². The number of nitrogens with one attached hydrogen (secondary N) is 1. The van der Waals surface area contributed by atoms with Crippen LogP contribution in [0.25, 0.3) is 0 Å². The zero-order valence-electron chi connectivity index (χ0n) is 18.8. The van der Waals surface area contributed by atoms with Crippen LogP contribution in [0.15, 0.2) is 30.3 Å². The minimum Gasteiger partial charge on any atom is -0.493 e. The number of piperidine rings is 1. The highest BCUT2D eigenvalue weighted by Crippen LogP contribution is 2.45. The molecule has 0 radical (unpaired) electrons. The summed E-state index contributed by atoms with van der Waals surface area (Å²) in [6.07, 6.45) is 4.45. The molecule has 2 aliphatic rings. The lowest BCUT2D eigenvalue weighted by Gasteiger charge is -2.32. The topological polar surface area (TPSA) is 75.7 Å². The molecule has 1 saturated carbocycles. The van der Waals surface area contributed by atoms with Gasteiger partial charge in [-0.3, -0.25) is 9.69 Å². The number of ether oxygens (including phenoxy) is 1. The maximum atomic E-state index is 14.6. The number of amides is 1. The van der Waals surface area contributed by atoms with E-state index in [0.717, 1.165) is 56.2 Å². The number of sulfonamides is 1. The summed E-state index contributed by atoms with van der Waals surface area (Å²) >= 11 is 5.95. The van der Waals surface area contributed by atoms with Crippen LogP contribution in [0.4, 0.5) is 8.78 Å². The molecular weight excluding hydrogens is 486 g/mol. The Morgan fingerprint density at radius 2 is 1.82 bits per heavy atom. The summed E-state index contributed by atoms with van der Waals surface area (Å²) < 4.78 is 58.7. The van der Waals surface area contributed by atoms with Gasteiger partial charge in [0, 0.05) is 17.6 Å². The molecule has 184 valence electrons. The lowest BCUT2D eigenvalue weighted by molar-refractivity contribution is 0.0977. The Bertz CT molecular complexity index is 1160. The van der Waals surface area contributed by atoms with Crippen molar-refractivity contribution in [1.82, 2.24) is 9.62 Å². The van der Waals surface area contributed by atoms with Crippen molar-refractivity contribution in [1.29, 1.82) is 0 Å². The van der Waals surface area contributed by atoms with Crippen molar-refractivity contribution >= 4 is 27.5 Å². The van der Waals surface area contributed by atoms with Crippen LogP contribution in [0.1, 0.15) is 53.1 Å². The van der Waals surface area contributed by atoms with Gasteiger partial charge >= 0.3 is 0 Å². The Kier molecular flexibility index (Phi) is 7.45. The van der Waals surface area contributed by atoms with Gasteiger partial charge in [0.2, 0.25) is 10.0 Å². The summed E-state index contributed by atoms with van der Waals surface area (Å²) in [5.41, 5.74) is 1.27. The number of rotatable bonds is 8. The van der Waals surface area contributed by atoms with Crippen molar-refractivity contribution in [2.75, 3.05) is 26.0 Å². The number of carbonyl (C=O) groups excluding carboxylic acids is 1. The molecule has 6 nitrogen and oxygen atoms in total. The Hall–Kier alpha value is -2.23. The summed E-state index contributed by atoms with van der Waals surface area (Å²) in [6, 6.07) is 7.16. The number of likely N-dealkylation sites (tertiary alicyclic amines) is 1. The number of halogens is 3. The molecule has 10 heteroatoms. The van der Waals surface area contributed by atoms with Crippen molar-refractivity contribution in [3.8, 4) is 5.75 Å². The highest BCUT2D eigenvalue weighted by Gasteiger charge is 2.30. The normalized spacial score (nSPS) is 17.5. The van der Waals surface area contributed by atoms with Gasteiger partial charge in [0.1, 0.15) is 17.4 Å². The highest BCUT2D eigenvalue weighted by atomic mass is 35.5. The average molecular weight is 513 g/mol. The first kappa shape index (κ1) is 24.9. The molecule has 0 aromatic heterocycles. The molecule has 0 unspecified atom stereocenters. The van der Waals surface area contributed by atoms with Crippen LogP contribution in [0.5, 0.6) is 5.75 Å². The maximum absolute atomic E-state index is 14.6. The van der Waals surface area contributed by atoms with Gasteiger partial charge < -0.3 is 4.74 Å². The predicted octanol–water partition coefficient (Wildman–Crippen LogP) is 4.48. The number of carbonyl (C=O) groups is 1. The monoisotopic (exact) mass is 512 g/mol. The van der Waals surface area contributed by atoms with Crippen LogP contribution in [-0.4, -0.2) is 45.2 Å². The van der Waals surface area contributed by atoms with E-state index >= 15 is 0 Å². The average Bonchev–Trinajstić information content (AvgIpc) is 3.56. The van der Waals surface area contributed by atoms with Crippen LogP contribution in [-0.2, 0) is 16.6 Å². The maximum Gasteiger partial charge on any atom is 0.267 e. The van der Waals surface area contributed by atoms with Gasteiger partial charge in [-0.15, -0.1) is 0 Å². The molecule has 1 N–H and O–H groups in total. The zero-order valence-corrected chi connectivity index (χ0v) is 20.4. The molecule has 0 spiro atoms. The number of hydrogen-bond donors (Lipinski definition) is 1. The molecule has 0 bridgehead atoms. The molecule has 1 aliphatic heterocycles. The predicted molar refractivity (Wildman–Crippen MR) is 126 cm³/mol. The fourth-order valence-corrected chi connectivity index (χ4v) is 4.98. The second-order valence-corrected chi connectivity index (χ2v) is 11.3. The van der Waals surface area contributed by atoms with E-state index in [2.05, 4.69) is 4.90 Å². The smallest absolute Gasteiger partial charge is 0.267 e. The lowest BCUT2D eigenvalue weighted by atomic mass is 9.97. The Morgan fingerprint density at radius 1 is 1.12 bits per heavy atom. The van der Waals surface area contributed by atoms with E-state index in [-0.39, 0.29) is 23.2 Å². The first-order valence-corrected chi connectivity index (χ1v) is 13.5. The number of benzene rings is 2. The molecule has 2 aromatic rings. The zero-order chi connectivity index (χ0) is 24.5. The standard InChI is InChI=1S/C24H27ClF2N2O4S/c1-34(31,32)28-24(30)21-11-20(17-2-3-17)23(12-22(21)27)33-14-15-4-6-29(7-5-15)13-16-8-18(25)10-19(26)9-16/h8-12,15,17H,2-7,13-14H2,1H3,(H,28,30). The third-order valence-corrected chi connectivity index (χ3v) is 6.92. The van der Waals surface area contributed by atoms with Crippen LogP contribution in [0, 0.1) is 17.6 Å². The molecule has 2 fully saturated rings. The second-order valence-electron chi connectivity index (χ2n) is 9.16. The van der Waals surface area contributed by atoms with Crippen LogP contribution < -0.4 is 9.46 Å². The van der Waals surface area contributed by atoms with E-state index in [1.807, 2.05) is 4.72 Å². The van der Waals surface area contributed by atoms with Gasteiger partial charge in [0.25, 0.3) is 5.91 Å². The molecule has 1 saturated heterocycles. The Labute approximate surface area is 203 Å². The van der Waals surface area contributed by atoms with E-state index in [1.165, 1.54) is 24.3 Å². The fourth-order valence-electron chi connectivity index (χ4n) is 4.29. The summed E-state index contributed by atoms with van der Waals surface area (Å²) in [7, 11) is -3.80. The minimum atomic E-state index is -3.80. The molecule has 34 heavy (non-hydrogen) atoms. The summed E-state index contributed by atoms with van der Waals surface area (Å²) in [4.78, 5) is 14.4. The quantitative estimate of drug-likeness (QED) is 0.564. The van der Waals surface area contributed by atoms with Crippen molar-refractivity contribution in [2.45, 2.75) is 38.1 Å². The van der Waals surface area contributed by atoms with E-state index in [1.54, 1.807) is 6.07 Å². The Morgan fingerprint density at radius 3 is 2.44 bits per heavy atom. The van der Waals surface area contributed by atoms with Crippen molar-refractivity contribution in [3.05, 3.63) is 63.7 Å². The highest BCUT2D eigenvalue weighted by molar-refractivity contribution is 7.89. The minimum absolute atomic E-state index is 0.181. The molecular formula is C24H27ClF2N2O4S. The van der Waals surface area contributed by atoms with Crippen LogP contribution in [0.2, 0.25) is 5.02 Å². The van der Waals surface area contributed by atoms with Gasteiger partial charge in [0.05, 0.1) is 18.4 Å². The summed E-state index contributed by atoms with van der Waals surface area (Å²) in [6.45, 7) is 2.71. The van der Waals surface area contributed by atoms with E-state index in [4.69, 9.17) is 16.3 Å². The third kappa shape index (κ3) is 6.67. The lowest BCUT2D eigenvalue weighted by Crippen LogP contribution is -2.35. The summed E-state index contributed by atoms with van der Waals surface area (Å²) in [5.74, 6) is -1.27. The molecule has 1 heterocycles. The van der Waals surface area contributed by atoms with Crippen molar-refractivity contribution in [2.24, 2.45) is 5.92 Å². The number of nitrogens with zero attached hydrogens (tertiary/aromatic N) is 1. The fraction of sp³-hybridized carbons (Fsp3) is 0.458. The first-order chi connectivity index (χ1) is 16.1. The third-order valence-electron chi connectivity index (χ3n) is 6.15. The van der Waals surface area contributed by atoms with Crippen molar-refractivity contribution < 1.29 is 26.7 Å². The van der Waals surface area contributed by atoms with E-state index < -0.39 is 21.7 Å². The van der Waals surface area contributed by atoms with Gasteiger partial charge in [-0.2, -0.15) is 0 Å². The molecule has 2 aromatic carbocycles. The second kappa shape index (κ2) is 10.2. The first-order valence-electron chi connectivity index (χ1n) is 11.2. The summed E-state index contributed by atoms with van der Waals surface area (Å²) in [5, 5.41) is 0.386. The van der Waals surface area contributed by atoms with Gasteiger partial charge in [-0.25, -0.2) is 21.9 Å². The Balaban J connectivity index is 1.35. The molecule has 4 rings (SSSR count). The van der Waals surface area contributed by atoms with Gasteiger partial charge in [0.15, 0.2) is 0 Å². The number of hydrogen-bond acceptors (Lipinski definition) is 5. The SMILES string of the molecule is CS(=O)(=O)NC(=O)c1cc(C2CC2)c(OCC2CCN(Cc3cc(F)cc(Cl)c3)CC2)cc1F. The molecule has 1 aliphatic carbocycles. The van der Waals surface area contributed by atoms with E-state index in [9.17, 15) is 22.0 Å². The molecule has 0 atom stereocenters. The van der Waals surface area contributed by atoms with E-state index in [0.29, 0.717) is 23.9 Å². The van der Waals surface area contributed by atoms with Gasteiger partial charge in [-0.1, -0.05) is 11.6 Å². The van der Waals surface area contributed by atoms with Crippen molar-refractivity contribution in [3.63, 3.8) is 0 Å². The van der Waals surface area contributed by atoms with Crippen LogP contribution in [0.3, 0.4) is 0 Å². The van der Waals surface area contributed by atoms with Crippen LogP contribution >= 0.6 is 11.6 Å². The molecule has 1 amide bonds.